The lowest BCUT2D eigenvalue weighted by Gasteiger charge is -2.26. The standard InChI is InChI=1S/C26H20N4O2/c1-31-21-15-9-8-14-19(21)22-20(16-27)25(28)32-26-23(22)24(17-10-4-2-5-11-17)29-30(26)18-12-6-3-7-13-18/h2-15,22H,28H2,1H3/t22-/m1/s1. The Morgan fingerprint density at radius 2 is 1.62 bits per heavy atom. The van der Waals surface area contributed by atoms with Crippen molar-refractivity contribution in [3.63, 3.8) is 0 Å². The summed E-state index contributed by atoms with van der Waals surface area (Å²) in [6.45, 7) is 0. The van der Waals surface area contributed by atoms with Crippen molar-refractivity contribution >= 4 is 0 Å². The highest BCUT2D eigenvalue weighted by molar-refractivity contribution is 5.72. The first-order valence-corrected chi connectivity index (χ1v) is 10.2. The number of fused-ring (bicyclic) bond motifs is 1. The highest BCUT2D eigenvalue weighted by atomic mass is 16.5. The van der Waals surface area contributed by atoms with Gasteiger partial charge in [0.15, 0.2) is 0 Å². The molecule has 4 aromatic rings. The van der Waals surface area contributed by atoms with Crippen molar-refractivity contribution in [1.82, 2.24) is 9.78 Å². The van der Waals surface area contributed by atoms with Gasteiger partial charge in [-0.25, -0.2) is 0 Å². The number of hydrogen-bond donors (Lipinski definition) is 1. The monoisotopic (exact) mass is 420 g/mol. The van der Waals surface area contributed by atoms with Gasteiger partial charge in [0, 0.05) is 11.1 Å². The van der Waals surface area contributed by atoms with Crippen LogP contribution < -0.4 is 15.2 Å². The number of methoxy groups -OCH3 is 1. The molecular weight excluding hydrogens is 400 g/mol. The molecule has 6 heteroatoms. The summed E-state index contributed by atoms with van der Waals surface area (Å²) in [7, 11) is 1.61. The molecule has 0 spiro atoms. The van der Waals surface area contributed by atoms with Gasteiger partial charge in [-0.3, -0.25) is 0 Å². The van der Waals surface area contributed by atoms with Crippen LogP contribution in [0.3, 0.4) is 0 Å². The van der Waals surface area contributed by atoms with Gasteiger partial charge in [-0.15, -0.1) is 0 Å². The molecule has 0 fully saturated rings. The average molecular weight is 420 g/mol. The van der Waals surface area contributed by atoms with E-state index in [9.17, 15) is 5.26 Å². The van der Waals surface area contributed by atoms with Crippen LogP contribution in [0.15, 0.2) is 96.4 Å². The van der Waals surface area contributed by atoms with Crippen LogP contribution in [0.4, 0.5) is 0 Å². The largest absolute Gasteiger partial charge is 0.496 e. The number of para-hydroxylation sites is 2. The number of rotatable bonds is 4. The normalized spacial score (nSPS) is 14.9. The lowest BCUT2D eigenvalue weighted by atomic mass is 9.82. The van der Waals surface area contributed by atoms with Crippen LogP contribution in [0.25, 0.3) is 16.9 Å². The van der Waals surface area contributed by atoms with Gasteiger partial charge < -0.3 is 15.2 Å². The summed E-state index contributed by atoms with van der Waals surface area (Å²) >= 11 is 0. The molecular formula is C26H20N4O2. The Morgan fingerprint density at radius 1 is 0.969 bits per heavy atom. The van der Waals surface area contributed by atoms with Crippen LogP contribution >= 0.6 is 0 Å². The van der Waals surface area contributed by atoms with E-state index in [-0.39, 0.29) is 5.88 Å². The molecule has 32 heavy (non-hydrogen) atoms. The number of hydrogen-bond acceptors (Lipinski definition) is 5. The van der Waals surface area contributed by atoms with Crippen LogP contribution in [-0.4, -0.2) is 16.9 Å². The average Bonchev–Trinajstić information content (AvgIpc) is 3.23. The van der Waals surface area contributed by atoms with Crippen LogP contribution in [0.5, 0.6) is 11.6 Å². The molecule has 1 aromatic heterocycles. The maximum Gasteiger partial charge on any atom is 0.229 e. The second-order valence-corrected chi connectivity index (χ2v) is 7.35. The molecule has 0 aliphatic carbocycles. The van der Waals surface area contributed by atoms with Gasteiger partial charge >= 0.3 is 0 Å². The summed E-state index contributed by atoms with van der Waals surface area (Å²) in [4.78, 5) is 0. The van der Waals surface area contributed by atoms with Crippen LogP contribution in [0.2, 0.25) is 0 Å². The molecule has 2 heterocycles. The van der Waals surface area contributed by atoms with E-state index < -0.39 is 5.92 Å². The summed E-state index contributed by atoms with van der Waals surface area (Å²) in [6, 6.07) is 29.5. The van der Waals surface area contributed by atoms with Gasteiger partial charge in [0.05, 0.1) is 24.3 Å². The number of nitriles is 1. The summed E-state index contributed by atoms with van der Waals surface area (Å²) in [5.74, 6) is 0.722. The fourth-order valence-corrected chi connectivity index (χ4v) is 4.11. The molecule has 1 aliphatic heterocycles. The minimum Gasteiger partial charge on any atom is -0.496 e. The molecule has 0 radical (unpaired) electrons. The molecule has 6 nitrogen and oxygen atoms in total. The van der Waals surface area contributed by atoms with Crippen molar-refractivity contribution in [3.05, 3.63) is 108 Å². The highest BCUT2D eigenvalue weighted by Gasteiger charge is 2.38. The van der Waals surface area contributed by atoms with E-state index >= 15 is 0 Å². The van der Waals surface area contributed by atoms with Crippen molar-refractivity contribution in [2.45, 2.75) is 5.92 Å². The minimum absolute atomic E-state index is 0.0626. The van der Waals surface area contributed by atoms with Gasteiger partial charge in [0.2, 0.25) is 11.8 Å². The SMILES string of the molecule is COc1ccccc1[C@@H]1C(C#N)=C(N)Oc2c1c(-c1ccccc1)nn2-c1ccccc1. The van der Waals surface area contributed by atoms with Crippen molar-refractivity contribution < 1.29 is 9.47 Å². The van der Waals surface area contributed by atoms with Crippen molar-refractivity contribution in [2.75, 3.05) is 7.11 Å². The van der Waals surface area contributed by atoms with E-state index in [4.69, 9.17) is 20.3 Å². The van der Waals surface area contributed by atoms with Gasteiger partial charge in [-0.05, 0) is 18.2 Å². The zero-order chi connectivity index (χ0) is 22.1. The van der Waals surface area contributed by atoms with Gasteiger partial charge in [0.1, 0.15) is 23.1 Å². The van der Waals surface area contributed by atoms with Crippen molar-refractivity contribution in [3.8, 4) is 34.6 Å². The van der Waals surface area contributed by atoms with Crippen LogP contribution in [-0.2, 0) is 0 Å². The summed E-state index contributed by atoms with van der Waals surface area (Å²) in [5, 5.41) is 15.0. The summed E-state index contributed by atoms with van der Waals surface area (Å²) in [5.41, 5.74) is 10.7. The molecule has 1 aliphatic rings. The third kappa shape index (κ3) is 3.08. The molecule has 3 aromatic carbocycles. The zero-order valence-corrected chi connectivity index (χ0v) is 17.4. The first-order chi connectivity index (χ1) is 15.7. The molecule has 0 bridgehead atoms. The molecule has 2 N–H and O–H groups in total. The Kier molecular flexibility index (Phi) is 4.85. The van der Waals surface area contributed by atoms with Gasteiger partial charge in [-0.2, -0.15) is 15.0 Å². The number of nitrogens with two attached hydrogens (primary N) is 1. The number of allylic oxidation sites excluding steroid dienone is 1. The zero-order valence-electron chi connectivity index (χ0n) is 17.4. The lowest BCUT2D eigenvalue weighted by molar-refractivity contribution is 0.364. The molecule has 0 unspecified atom stereocenters. The summed E-state index contributed by atoms with van der Waals surface area (Å²) < 4.78 is 13.4. The topological polar surface area (TPSA) is 86.1 Å². The fourth-order valence-electron chi connectivity index (χ4n) is 4.11. The number of benzene rings is 3. The molecule has 1 atom stereocenters. The predicted octanol–water partition coefficient (Wildman–Crippen LogP) is 4.77. The molecule has 5 rings (SSSR count). The third-order valence-electron chi connectivity index (χ3n) is 5.55. The minimum atomic E-state index is -0.493. The van der Waals surface area contributed by atoms with Crippen molar-refractivity contribution in [1.29, 1.82) is 5.26 Å². The Bertz CT molecular complexity index is 1350. The van der Waals surface area contributed by atoms with E-state index in [0.717, 1.165) is 28.1 Å². The number of ether oxygens (including phenoxy) is 2. The Labute approximate surface area is 185 Å². The number of aromatic nitrogens is 2. The highest BCUT2D eigenvalue weighted by Crippen LogP contribution is 2.49. The molecule has 156 valence electrons. The van der Waals surface area contributed by atoms with Crippen LogP contribution in [0, 0.1) is 11.3 Å². The second-order valence-electron chi connectivity index (χ2n) is 7.35. The Morgan fingerprint density at radius 3 is 2.31 bits per heavy atom. The van der Waals surface area contributed by atoms with E-state index in [2.05, 4.69) is 6.07 Å². The molecule has 0 saturated heterocycles. The smallest absolute Gasteiger partial charge is 0.229 e. The van der Waals surface area contributed by atoms with Crippen molar-refractivity contribution in [2.24, 2.45) is 5.73 Å². The van der Waals surface area contributed by atoms with E-state index in [1.54, 1.807) is 11.8 Å². The quantitative estimate of drug-likeness (QED) is 0.514. The van der Waals surface area contributed by atoms with Gasteiger partial charge in [-0.1, -0.05) is 66.7 Å². The maximum absolute atomic E-state index is 10.0. The Balaban J connectivity index is 1.86. The molecule has 0 amide bonds. The first kappa shape index (κ1) is 19.5. The van der Waals surface area contributed by atoms with E-state index in [1.807, 2.05) is 84.9 Å². The van der Waals surface area contributed by atoms with Crippen LogP contribution in [0.1, 0.15) is 17.0 Å². The first-order valence-electron chi connectivity index (χ1n) is 10.2. The third-order valence-corrected chi connectivity index (χ3v) is 5.55. The lowest BCUT2D eigenvalue weighted by Crippen LogP contribution is -2.22. The van der Waals surface area contributed by atoms with E-state index in [0.29, 0.717) is 17.2 Å². The number of nitrogens with zero attached hydrogens (tertiary/aromatic N) is 3. The fraction of sp³-hybridized carbons (Fsp3) is 0.0769. The molecule has 0 saturated carbocycles. The van der Waals surface area contributed by atoms with E-state index in [1.165, 1.54) is 0 Å². The van der Waals surface area contributed by atoms with Gasteiger partial charge in [0.25, 0.3) is 0 Å². The second kappa shape index (κ2) is 7.97. The Hall–Kier alpha value is -4.50. The maximum atomic E-state index is 10.0. The predicted molar refractivity (Wildman–Crippen MR) is 121 cm³/mol. The summed E-state index contributed by atoms with van der Waals surface area (Å²) in [6.07, 6.45) is 0.